The fraction of sp³-hybridized carbons (Fsp3) is 0.278. The monoisotopic (exact) mass is 294 g/mol. The number of rotatable bonds is 1. The summed E-state index contributed by atoms with van der Waals surface area (Å²) in [6.45, 7) is 2.15. The topological polar surface area (TPSA) is 20.7 Å². The molecule has 1 aliphatic carbocycles. The fourth-order valence-corrected chi connectivity index (χ4v) is 3.83. The van der Waals surface area contributed by atoms with E-state index in [2.05, 4.69) is 52.9 Å². The van der Waals surface area contributed by atoms with Gasteiger partial charge in [0.15, 0.2) is 4.77 Å². The predicted molar refractivity (Wildman–Crippen MR) is 89.8 cm³/mol. The summed E-state index contributed by atoms with van der Waals surface area (Å²) in [5.41, 5.74) is 7.81. The Labute approximate surface area is 129 Å². The highest BCUT2D eigenvalue weighted by Crippen LogP contribution is 2.30. The summed E-state index contributed by atoms with van der Waals surface area (Å²) in [5, 5.41) is 0. The molecule has 0 radical (unpaired) electrons. The van der Waals surface area contributed by atoms with Gasteiger partial charge in [-0.3, -0.25) is 4.57 Å². The number of imidazole rings is 1. The summed E-state index contributed by atoms with van der Waals surface area (Å²) >= 11 is 5.61. The molecule has 1 N–H and O–H groups in total. The van der Waals surface area contributed by atoms with Crippen LogP contribution in [-0.2, 0) is 12.8 Å². The number of nitrogens with one attached hydrogen (secondary N) is 1. The highest BCUT2D eigenvalue weighted by Gasteiger charge is 2.16. The number of fused-ring (bicyclic) bond motifs is 2. The smallest absolute Gasteiger partial charge is 0.182 e. The first-order chi connectivity index (χ1) is 10.3. The standard InChI is InChI=1S/C18H18N2S/c1-12-6-4-10-15-17(12)20(18(21)19-15)16-11-5-8-13-7-2-3-9-14(13)16/h4-6,8,10-11H,2-3,7,9H2,1H3,(H,19,21). The summed E-state index contributed by atoms with van der Waals surface area (Å²) in [6, 6.07) is 13.0. The Bertz CT molecular complexity index is 886. The average molecular weight is 294 g/mol. The lowest BCUT2D eigenvalue weighted by molar-refractivity contribution is 0.681. The number of benzene rings is 2. The van der Waals surface area contributed by atoms with E-state index in [0.29, 0.717) is 0 Å². The molecule has 0 amide bonds. The van der Waals surface area contributed by atoms with Crippen molar-refractivity contribution < 1.29 is 0 Å². The number of hydrogen-bond donors (Lipinski definition) is 1. The SMILES string of the molecule is Cc1cccc2[nH]c(=S)n(-c3cccc4c3CCCC4)c12. The van der Waals surface area contributed by atoms with Gasteiger partial charge in [0.25, 0.3) is 0 Å². The molecule has 1 heterocycles. The Kier molecular flexibility index (Phi) is 2.96. The summed E-state index contributed by atoms with van der Waals surface area (Å²) in [4.78, 5) is 3.35. The van der Waals surface area contributed by atoms with Gasteiger partial charge in [0.1, 0.15) is 0 Å². The fourth-order valence-electron chi connectivity index (χ4n) is 3.53. The van der Waals surface area contributed by atoms with E-state index in [-0.39, 0.29) is 0 Å². The van der Waals surface area contributed by atoms with E-state index in [0.717, 1.165) is 16.7 Å². The van der Waals surface area contributed by atoms with Crippen molar-refractivity contribution >= 4 is 23.3 Å². The molecule has 0 saturated heterocycles. The van der Waals surface area contributed by atoms with Crippen molar-refractivity contribution in [1.82, 2.24) is 9.55 Å². The van der Waals surface area contributed by atoms with Gasteiger partial charge in [-0.05, 0) is 73.6 Å². The molecule has 0 fully saturated rings. The number of H-pyrrole nitrogens is 1. The number of aryl methyl sites for hydroxylation is 2. The molecule has 2 aromatic carbocycles. The first kappa shape index (κ1) is 12.8. The van der Waals surface area contributed by atoms with Crippen molar-refractivity contribution in [3.8, 4) is 5.69 Å². The second kappa shape index (κ2) is 4.85. The third-order valence-electron chi connectivity index (χ3n) is 4.52. The van der Waals surface area contributed by atoms with Crippen LogP contribution in [-0.4, -0.2) is 9.55 Å². The van der Waals surface area contributed by atoms with Gasteiger partial charge in [-0.2, -0.15) is 0 Å². The molecule has 1 aromatic heterocycles. The van der Waals surface area contributed by atoms with Gasteiger partial charge in [-0.1, -0.05) is 24.3 Å². The number of aromatic amines is 1. The maximum Gasteiger partial charge on any atom is 0.182 e. The van der Waals surface area contributed by atoms with Crippen LogP contribution >= 0.6 is 12.2 Å². The zero-order chi connectivity index (χ0) is 14.4. The third-order valence-corrected chi connectivity index (χ3v) is 4.80. The number of hydrogen-bond acceptors (Lipinski definition) is 1. The molecule has 1 aliphatic rings. The quantitative estimate of drug-likeness (QED) is 0.635. The van der Waals surface area contributed by atoms with Crippen LogP contribution in [0, 0.1) is 11.7 Å². The van der Waals surface area contributed by atoms with Crippen molar-refractivity contribution in [3.05, 3.63) is 57.9 Å². The summed E-state index contributed by atoms with van der Waals surface area (Å²) in [7, 11) is 0. The van der Waals surface area contributed by atoms with Crippen molar-refractivity contribution in [1.29, 1.82) is 0 Å². The molecule has 3 aromatic rings. The second-order valence-corrected chi connectivity index (χ2v) is 6.25. The van der Waals surface area contributed by atoms with Crippen molar-refractivity contribution in [2.45, 2.75) is 32.6 Å². The maximum absolute atomic E-state index is 5.61. The van der Waals surface area contributed by atoms with Crippen LogP contribution in [0.15, 0.2) is 36.4 Å². The molecular weight excluding hydrogens is 276 g/mol. The predicted octanol–water partition coefficient (Wildman–Crippen LogP) is 4.88. The van der Waals surface area contributed by atoms with E-state index in [4.69, 9.17) is 12.2 Å². The zero-order valence-corrected chi connectivity index (χ0v) is 13.0. The highest BCUT2D eigenvalue weighted by atomic mass is 32.1. The van der Waals surface area contributed by atoms with Crippen LogP contribution in [0.5, 0.6) is 0 Å². The van der Waals surface area contributed by atoms with Crippen molar-refractivity contribution in [3.63, 3.8) is 0 Å². The lowest BCUT2D eigenvalue weighted by Gasteiger charge is -2.20. The lowest BCUT2D eigenvalue weighted by Crippen LogP contribution is -2.08. The Balaban J connectivity index is 2.08. The molecule has 0 bridgehead atoms. The van der Waals surface area contributed by atoms with Crippen LogP contribution < -0.4 is 0 Å². The van der Waals surface area contributed by atoms with Gasteiger partial charge >= 0.3 is 0 Å². The van der Waals surface area contributed by atoms with Crippen LogP contribution in [0.2, 0.25) is 0 Å². The Morgan fingerprint density at radius 3 is 2.76 bits per heavy atom. The molecule has 0 unspecified atom stereocenters. The van der Waals surface area contributed by atoms with E-state index in [1.165, 1.54) is 47.2 Å². The number of nitrogens with zero attached hydrogens (tertiary/aromatic N) is 1. The molecule has 0 spiro atoms. The second-order valence-electron chi connectivity index (χ2n) is 5.86. The molecule has 2 nitrogen and oxygen atoms in total. The first-order valence-corrected chi connectivity index (χ1v) is 7.98. The van der Waals surface area contributed by atoms with Gasteiger partial charge in [0, 0.05) is 0 Å². The minimum absolute atomic E-state index is 0.790. The van der Waals surface area contributed by atoms with E-state index < -0.39 is 0 Å². The van der Waals surface area contributed by atoms with E-state index in [1.807, 2.05) is 0 Å². The van der Waals surface area contributed by atoms with Crippen LogP contribution in [0.4, 0.5) is 0 Å². The minimum Gasteiger partial charge on any atom is -0.330 e. The van der Waals surface area contributed by atoms with E-state index >= 15 is 0 Å². The average Bonchev–Trinajstić information content (AvgIpc) is 2.84. The van der Waals surface area contributed by atoms with Gasteiger partial charge < -0.3 is 4.98 Å². The normalized spacial score (nSPS) is 14.3. The van der Waals surface area contributed by atoms with Gasteiger partial charge in [0.2, 0.25) is 0 Å². The summed E-state index contributed by atoms with van der Waals surface area (Å²) in [6.07, 6.45) is 4.93. The van der Waals surface area contributed by atoms with E-state index in [1.54, 1.807) is 0 Å². The number of aromatic nitrogens is 2. The highest BCUT2D eigenvalue weighted by molar-refractivity contribution is 7.71. The van der Waals surface area contributed by atoms with Crippen molar-refractivity contribution in [2.24, 2.45) is 0 Å². The molecule has 0 saturated carbocycles. The molecule has 21 heavy (non-hydrogen) atoms. The molecule has 3 heteroatoms. The summed E-state index contributed by atoms with van der Waals surface area (Å²) in [5.74, 6) is 0. The van der Waals surface area contributed by atoms with Crippen LogP contribution in [0.3, 0.4) is 0 Å². The molecule has 106 valence electrons. The third kappa shape index (κ3) is 1.95. The molecule has 0 aliphatic heterocycles. The Hall–Kier alpha value is -1.87. The van der Waals surface area contributed by atoms with E-state index in [9.17, 15) is 0 Å². The Morgan fingerprint density at radius 2 is 1.86 bits per heavy atom. The zero-order valence-electron chi connectivity index (χ0n) is 12.1. The molecular formula is C18H18N2S. The Morgan fingerprint density at radius 1 is 1.05 bits per heavy atom. The largest absolute Gasteiger partial charge is 0.330 e. The number of para-hydroxylation sites is 1. The minimum atomic E-state index is 0.790. The van der Waals surface area contributed by atoms with Gasteiger partial charge in [-0.15, -0.1) is 0 Å². The maximum atomic E-state index is 5.61. The van der Waals surface area contributed by atoms with Gasteiger partial charge in [-0.25, -0.2) is 0 Å². The molecule has 0 atom stereocenters. The molecule has 4 rings (SSSR count). The summed E-state index contributed by atoms with van der Waals surface area (Å²) < 4.78 is 3.02. The van der Waals surface area contributed by atoms with Crippen LogP contribution in [0.25, 0.3) is 16.7 Å². The van der Waals surface area contributed by atoms with Crippen LogP contribution in [0.1, 0.15) is 29.5 Å². The first-order valence-electron chi connectivity index (χ1n) is 7.57. The van der Waals surface area contributed by atoms with Crippen molar-refractivity contribution in [2.75, 3.05) is 0 Å². The van der Waals surface area contributed by atoms with Gasteiger partial charge in [0.05, 0.1) is 16.7 Å². The lowest BCUT2D eigenvalue weighted by atomic mass is 9.90.